The second-order valence-electron chi connectivity index (χ2n) is 3.96. The largest absolute Gasteiger partial charge is 0.398 e. The molecule has 0 aromatic heterocycles. The van der Waals surface area contributed by atoms with Crippen molar-refractivity contribution in [1.82, 2.24) is 10.2 Å². The van der Waals surface area contributed by atoms with Crippen LogP contribution in [0.3, 0.4) is 0 Å². The van der Waals surface area contributed by atoms with E-state index in [1.807, 2.05) is 25.1 Å². The lowest BCUT2D eigenvalue weighted by molar-refractivity contribution is -0.135. The predicted molar refractivity (Wildman–Crippen MR) is 70.9 cm³/mol. The average molecular weight is 249 g/mol. The number of nitrogen functional groups attached to an aromatic ring is 1. The van der Waals surface area contributed by atoms with Crippen molar-refractivity contribution < 1.29 is 9.59 Å². The molecule has 0 atom stereocenters. The molecule has 0 unspecified atom stereocenters. The zero-order valence-corrected chi connectivity index (χ0v) is 10.8. The Morgan fingerprint density at radius 3 is 2.56 bits per heavy atom. The van der Waals surface area contributed by atoms with Crippen molar-refractivity contribution in [2.45, 2.75) is 13.3 Å². The van der Waals surface area contributed by atoms with Crippen LogP contribution in [0.15, 0.2) is 24.3 Å². The van der Waals surface area contributed by atoms with E-state index in [1.54, 1.807) is 13.1 Å². The summed E-state index contributed by atoms with van der Waals surface area (Å²) in [6.07, 6.45) is 0.220. The number of para-hydroxylation sites is 1. The summed E-state index contributed by atoms with van der Waals surface area (Å²) in [5.74, 6) is -0.273. The van der Waals surface area contributed by atoms with Gasteiger partial charge in [0.1, 0.15) is 0 Å². The minimum atomic E-state index is -0.175. The highest BCUT2D eigenvalue weighted by molar-refractivity contribution is 5.86. The van der Waals surface area contributed by atoms with E-state index in [1.165, 1.54) is 4.90 Å². The Bertz CT molecular complexity index is 432. The van der Waals surface area contributed by atoms with Crippen molar-refractivity contribution >= 4 is 17.5 Å². The van der Waals surface area contributed by atoms with Gasteiger partial charge in [0.05, 0.1) is 13.0 Å². The van der Waals surface area contributed by atoms with E-state index < -0.39 is 0 Å². The summed E-state index contributed by atoms with van der Waals surface area (Å²) in [4.78, 5) is 24.8. The number of rotatable bonds is 5. The van der Waals surface area contributed by atoms with Crippen LogP contribution < -0.4 is 11.1 Å². The van der Waals surface area contributed by atoms with Crippen LogP contribution in [0.4, 0.5) is 5.69 Å². The monoisotopic (exact) mass is 249 g/mol. The highest BCUT2D eigenvalue weighted by Crippen LogP contribution is 2.12. The lowest BCUT2D eigenvalue weighted by Gasteiger charge is -2.20. The maximum Gasteiger partial charge on any atom is 0.239 e. The van der Waals surface area contributed by atoms with Crippen molar-refractivity contribution in [3.8, 4) is 0 Å². The number of nitrogens with zero attached hydrogens (tertiary/aromatic N) is 1. The van der Waals surface area contributed by atoms with Gasteiger partial charge in [-0.2, -0.15) is 0 Å². The van der Waals surface area contributed by atoms with E-state index in [0.717, 1.165) is 5.56 Å². The third-order valence-electron chi connectivity index (χ3n) is 2.74. The number of likely N-dealkylation sites (N-methyl/N-ethyl adjacent to an activating group) is 2. The number of amides is 2. The highest BCUT2D eigenvalue weighted by atomic mass is 16.2. The van der Waals surface area contributed by atoms with E-state index in [4.69, 9.17) is 5.73 Å². The first-order valence-corrected chi connectivity index (χ1v) is 5.90. The van der Waals surface area contributed by atoms with Crippen LogP contribution in [-0.2, 0) is 16.0 Å². The molecule has 18 heavy (non-hydrogen) atoms. The van der Waals surface area contributed by atoms with Gasteiger partial charge in [-0.25, -0.2) is 0 Å². The molecule has 2 amide bonds. The number of nitrogens with one attached hydrogen (secondary N) is 1. The van der Waals surface area contributed by atoms with E-state index in [0.29, 0.717) is 12.2 Å². The summed E-state index contributed by atoms with van der Waals surface area (Å²) >= 11 is 0. The third-order valence-corrected chi connectivity index (χ3v) is 2.74. The number of carbonyl (C=O) groups is 2. The average Bonchev–Trinajstić information content (AvgIpc) is 2.38. The molecule has 3 N–H and O–H groups in total. The summed E-state index contributed by atoms with van der Waals surface area (Å²) in [6.45, 7) is 2.42. The van der Waals surface area contributed by atoms with Gasteiger partial charge in [0.25, 0.3) is 0 Å². The molecule has 1 aromatic carbocycles. The van der Waals surface area contributed by atoms with Gasteiger partial charge in [-0.1, -0.05) is 18.2 Å². The van der Waals surface area contributed by atoms with Gasteiger partial charge in [-0.3, -0.25) is 9.59 Å². The van der Waals surface area contributed by atoms with E-state index in [-0.39, 0.29) is 24.8 Å². The van der Waals surface area contributed by atoms with Crippen molar-refractivity contribution in [3.05, 3.63) is 29.8 Å². The van der Waals surface area contributed by atoms with Crippen LogP contribution in [-0.4, -0.2) is 36.9 Å². The fraction of sp³-hybridized carbons (Fsp3) is 0.385. The summed E-state index contributed by atoms with van der Waals surface area (Å²) in [5.41, 5.74) is 7.18. The number of nitrogens with two attached hydrogens (primary N) is 1. The molecule has 0 fully saturated rings. The fourth-order valence-electron chi connectivity index (χ4n) is 1.60. The molecule has 0 radical (unpaired) electrons. The van der Waals surface area contributed by atoms with E-state index >= 15 is 0 Å². The molecular formula is C13H19N3O2. The predicted octanol–water partition coefficient (Wildman–Crippen LogP) is 0.406. The molecular weight excluding hydrogens is 230 g/mol. The van der Waals surface area contributed by atoms with Gasteiger partial charge in [-0.05, 0) is 18.6 Å². The maximum absolute atomic E-state index is 12.0. The van der Waals surface area contributed by atoms with Gasteiger partial charge < -0.3 is 16.0 Å². The normalized spacial score (nSPS) is 9.89. The zero-order valence-electron chi connectivity index (χ0n) is 10.8. The van der Waals surface area contributed by atoms with Crippen LogP contribution in [0.25, 0.3) is 0 Å². The number of hydrogen-bond acceptors (Lipinski definition) is 3. The quantitative estimate of drug-likeness (QED) is 0.742. The summed E-state index contributed by atoms with van der Waals surface area (Å²) in [7, 11) is 1.55. The number of hydrogen-bond donors (Lipinski definition) is 2. The Morgan fingerprint density at radius 2 is 2.00 bits per heavy atom. The molecule has 0 heterocycles. The maximum atomic E-state index is 12.0. The molecule has 0 aliphatic heterocycles. The van der Waals surface area contributed by atoms with Crippen molar-refractivity contribution in [2.75, 3.05) is 25.9 Å². The summed E-state index contributed by atoms with van der Waals surface area (Å²) in [5, 5.41) is 2.50. The van der Waals surface area contributed by atoms with Gasteiger partial charge in [0.15, 0.2) is 0 Å². The first-order chi connectivity index (χ1) is 8.58. The smallest absolute Gasteiger partial charge is 0.239 e. The summed E-state index contributed by atoms with van der Waals surface area (Å²) < 4.78 is 0. The molecule has 0 saturated carbocycles. The lowest BCUT2D eigenvalue weighted by atomic mass is 10.1. The van der Waals surface area contributed by atoms with Crippen LogP contribution in [0.1, 0.15) is 12.5 Å². The Hall–Kier alpha value is -2.04. The molecule has 0 saturated heterocycles. The fourth-order valence-corrected chi connectivity index (χ4v) is 1.60. The van der Waals surface area contributed by atoms with Crippen LogP contribution in [0.2, 0.25) is 0 Å². The first-order valence-electron chi connectivity index (χ1n) is 5.90. The van der Waals surface area contributed by atoms with E-state index in [2.05, 4.69) is 5.32 Å². The molecule has 98 valence electrons. The van der Waals surface area contributed by atoms with Crippen molar-refractivity contribution in [1.29, 1.82) is 0 Å². The second kappa shape index (κ2) is 6.64. The molecule has 0 spiro atoms. The molecule has 1 aromatic rings. The van der Waals surface area contributed by atoms with E-state index in [9.17, 15) is 9.59 Å². The molecule has 1 rings (SSSR count). The SMILES string of the molecule is CCN(CC(=O)NC)C(=O)Cc1ccccc1N. The Balaban J connectivity index is 2.68. The Kier molecular flexibility index (Phi) is 5.17. The van der Waals surface area contributed by atoms with Crippen molar-refractivity contribution in [2.24, 2.45) is 0 Å². The van der Waals surface area contributed by atoms with Gasteiger partial charge in [-0.15, -0.1) is 0 Å². The minimum Gasteiger partial charge on any atom is -0.398 e. The molecule has 0 aliphatic carbocycles. The zero-order chi connectivity index (χ0) is 13.5. The number of anilines is 1. The van der Waals surface area contributed by atoms with Crippen LogP contribution in [0, 0.1) is 0 Å². The third kappa shape index (κ3) is 3.76. The standard InChI is InChI=1S/C13H19N3O2/c1-3-16(9-12(17)15-2)13(18)8-10-6-4-5-7-11(10)14/h4-7H,3,8-9,14H2,1-2H3,(H,15,17). The van der Waals surface area contributed by atoms with Gasteiger partial charge in [0, 0.05) is 19.3 Å². The topological polar surface area (TPSA) is 75.4 Å². The van der Waals surface area contributed by atoms with Gasteiger partial charge in [0.2, 0.25) is 11.8 Å². The van der Waals surface area contributed by atoms with Crippen LogP contribution in [0.5, 0.6) is 0 Å². The number of carbonyl (C=O) groups excluding carboxylic acids is 2. The number of benzene rings is 1. The summed E-state index contributed by atoms with van der Waals surface area (Å²) in [6, 6.07) is 7.25. The molecule has 0 aliphatic rings. The second-order valence-corrected chi connectivity index (χ2v) is 3.96. The Morgan fingerprint density at radius 1 is 1.33 bits per heavy atom. The Labute approximate surface area is 107 Å². The highest BCUT2D eigenvalue weighted by Gasteiger charge is 2.15. The molecule has 0 bridgehead atoms. The van der Waals surface area contributed by atoms with Crippen molar-refractivity contribution in [3.63, 3.8) is 0 Å². The molecule has 5 nitrogen and oxygen atoms in total. The lowest BCUT2D eigenvalue weighted by Crippen LogP contribution is -2.40. The van der Waals surface area contributed by atoms with Crippen LogP contribution >= 0.6 is 0 Å². The molecule has 5 heteroatoms. The van der Waals surface area contributed by atoms with Gasteiger partial charge >= 0.3 is 0 Å². The minimum absolute atomic E-state index is 0.0819. The first kappa shape index (κ1) is 14.0.